The fourth-order valence-corrected chi connectivity index (χ4v) is 3.80. The van der Waals surface area contributed by atoms with Crippen LogP contribution in [-0.2, 0) is 4.79 Å². The van der Waals surface area contributed by atoms with Crippen LogP contribution in [0, 0.1) is 0 Å². The maximum absolute atomic E-state index is 12.2. The van der Waals surface area contributed by atoms with Crippen LogP contribution in [0.1, 0.15) is 6.92 Å². The molecule has 0 saturated heterocycles. The minimum Gasteiger partial charge on any atom is -0.494 e. The Hall–Kier alpha value is -2.98. The number of rotatable bonds is 7. The summed E-state index contributed by atoms with van der Waals surface area (Å²) in [6.07, 6.45) is 3.30. The van der Waals surface area contributed by atoms with Crippen molar-refractivity contribution in [1.82, 2.24) is 20.2 Å². The molecule has 3 aromatic heterocycles. The number of aromatic nitrogens is 4. The van der Waals surface area contributed by atoms with Crippen LogP contribution in [0.25, 0.3) is 21.7 Å². The second-order valence-corrected chi connectivity index (χ2v) is 7.48. The molecule has 0 bridgehead atoms. The summed E-state index contributed by atoms with van der Waals surface area (Å²) in [5, 5.41) is 11.6. The van der Waals surface area contributed by atoms with E-state index in [-0.39, 0.29) is 11.7 Å². The van der Waals surface area contributed by atoms with Crippen LogP contribution in [0.4, 0.5) is 5.13 Å². The van der Waals surface area contributed by atoms with E-state index >= 15 is 0 Å². The molecule has 28 heavy (non-hydrogen) atoms. The minimum atomic E-state index is -0.197. The van der Waals surface area contributed by atoms with Crippen molar-refractivity contribution in [2.75, 3.05) is 17.7 Å². The number of carbonyl (C=O) groups is 1. The highest BCUT2D eigenvalue weighted by Gasteiger charge is 2.13. The normalized spacial score (nSPS) is 10.9. The van der Waals surface area contributed by atoms with Crippen molar-refractivity contribution in [2.45, 2.75) is 12.1 Å². The van der Waals surface area contributed by atoms with Crippen molar-refractivity contribution < 1.29 is 13.9 Å². The molecule has 0 fully saturated rings. The van der Waals surface area contributed by atoms with Gasteiger partial charge in [0.05, 0.1) is 22.6 Å². The smallest absolute Gasteiger partial charge is 0.277 e. The van der Waals surface area contributed by atoms with Crippen LogP contribution in [0.3, 0.4) is 0 Å². The zero-order chi connectivity index (χ0) is 19.3. The van der Waals surface area contributed by atoms with Crippen molar-refractivity contribution in [3.8, 4) is 17.2 Å². The Morgan fingerprint density at radius 3 is 2.93 bits per heavy atom. The van der Waals surface area contributed by atoms with Crippen LogP contribution >= 0.6 is 23.1 Å². The van der Waals surface area contributed by atoms with E-state index in [0.29, 0.717) is 22.9 Å². The van der Waals surface area contributed by atoms with E-state index in [0.717, 1.165) is 21.5 Å². The van der Waals surface area contributed by atoms with Gasteiger partial charge < -0.3 is 14.5 Å². The van der Waals surface area contributed by atoms with Gasteiger partial charge in [-0.25, -0.2) is 4.98 Å². The number of hydrogen-bond acceptors (Lipinski definition) is 9. The largest absolute Gasteiger partial charge is 0.494 e. The third kappa shape index (κ3) is 4.29. The molecule has 1 N–H and O–H groups in total. The lowest BCUT2D eigenvalue weighted by Gasteiger charge is -2.00. The summed E-state index contributed by atoms with van der Waals surface area (Å²) < 4.78 is 12.0. The first-order valence-electron chi connectivity index (χ1n) is 8.41. The molecule has 142 valence electrons. The van der Waals surface area contributed by atoms with Gasteiger partial charge in [0.25, 0.3) is 5.22 Å². The second kappa shape index (κ2) is 8.36. The van der Waals surface area contributed by atoms with E-state index in [4.69, 9.17) is 9.15 Å². The van der Waals surface area contributed by atoms with Crippen molar-refractivity contribution in [1.29, 1.82) is 0 Å². The molecule has 0 atom stereocenters. The van der Waals surface area contributed by atoms with E-state index in [1.54, 1.807) is 24.5 Å². The number of ether oxygens (including phenoxy) is 1. The van der Waals surface area contributed by atoms with Crippen molar-refractivity contribution >= 4 is 44.4 Å². The standard InChI is InChI=1S/C18H15N5O3S2/c1-2-25-12-3-4-14-13(9-12)20-17(28-14)21-15(24)10-27-18-23-22-16(26-18)11-5-7-19-8-6-11/h3-9H,2,10H2,1H3,(H,20,21,24). The van der Waals surface area contributed by atoms with Gasteiger partial charge in [0.1, 0.15) is 5.75 Å². The average Bonchev–Trinajstić information content (AvgIpc) is 3.33. The molecule has 0 unspecified atom stereocenters. The molecular weight excluding hydrogens is 398 g/mol. The number of amides is 1. The Morgan fingerprint density at radius 1 is 1.25 bits per heavy atom. The first kappa shape index (κ1) is 18.4. The van der Waals surface area contributed by atoms with E-state index in [1.165, 1.54) is 23.1 Å². The first-order valence-corrected chi connectivity index (χ1v) is 10.2. The van der Waals surface area contributed by atoms with E-state index in [2.05, 4.69) is 25.5 Å². The van der Waals surface area contributed by atoms with E-state index < -0.39 is 0 Å². The monoisotopic (exact) mass is 413 g/mol. The van der Waals surface area contributed by atoms with Crippen LogP contribution in [0.5, 0.6) is 5.75 Å². The van der Waals surface area contributed by atoms with Gasteiger partial charge in [0, 0.05) is 24.0 Å². The SMILES string of the molecule is CCOc1ccc2sc(NC(=O)CSc3nnc(-c4ccncc4)o3)nc2c1. The molecular formula is C18H15N5O3S2. The van der Waals surface area contributed by atoms with Crippen molar-refractivity contribution in [2.24, 2.45) is 0 Å². The number of carbonyl (C=O) groups excluding carboxylic acids is 1. The minimum absolute atomic E-state index is 0.137. The van der Waals surface area contributed by atoms with Gasteiger partial charge in [0.15, 0.2) is 5.13 Å². The van der Waals surface area contributed by atoms with Gasteiger partial charge >= 0.3 is 0 Å². The molecule has 4 aromatic rings. The third-order valence-electron chi connectivity index (χ3n) is 3.58. The number of pyridine rings is 1. The summed E-state index contributed by atoms with van der Waals surface area (Å²) in [5.74, 6) is 1.09. The Bertz CT molecular complexity index is 1100. The zero-order valence-corrected chi connectivity index (χ0v) is 16.4. The quantitative estimate of drug-likeness (QED) is 0.456. The molecule has 8 nitrogen and oxygen atoms in total. The summed E-state index contributed by atoms with van der Waals surface area (Å²) in [6.45, 7) is 2.52. The fourth-order valence-electron chi connectivity index (χ4n) is 2.38. The maximum atomic E-state index is 12.2. The molecule has 0 spiro atoms. The Morgan fingerprint density at radius 2 is 2.11 bits per heavy atom. The van der Waals surface area contributed by atoms with Gasteiger partial charge in [-0.3, -0.25) is 9.78 Å². The van der Waals surface area contributed by atoms with Gasteiger partial charge in [0.2, 0.25) is 11.8 Å². The molecule has 10 heteroatoms. The van der Waals surface area contributed by atoms with Gasteiger partial charge in [-0.2, -0.15) is 0 Å². The molecule has 3 heterocycles. The molecule has 0 saturated carbocycles. The molecule has 0 aliphatic heterocycles. The number of thiazole rings is 1. The highest BCUT2D eigenvalue weighted by atomic mass is 32.2. The Kier molecular flexibility index (Phi) is 5.49. The molecule has 0 aliphatic carbocycles. The highest BCUT2D eigenvalue weighted by molar-refractivity contribution is 7.99. The summed E-state index contributed by atoms with van der Waals surface area (Å²) in [4.78, 5) is 20.6. The molecule has 0 radical (unpaired) electrons. The number of thioether (sulfide) groups is 1. The number of benzene rings is 1. The van der Waals surface area contributed by atoms with Crippen LogP contribution in [0.15, 0.2) is 52.4 Å². The predicted molar refractivity (Wildman–Crippen MR) is 108 cm³/mol. The molecule has 1 amide bonds. The van der Waals surface area contributed by atoms with Crippen molar-refractivity contribution in [3.63, 3.8) is 0 Å². The van der Waals surface area contributed by atoms with Crippen LogP contribution in [-0.4, -0.2) is 38.4 Å². The third-order valence-corrected chi connectivity index (χ3v) is 5.35. The van der Waals surface area contributed by atoms with E-state index in [9.17, 15) is 4.79 Å². The summed E-state index contributed by atoms with van der Waals surface area (Å²) >= 11 is 2.58. The summed E-state index contributed by atoms with van der Waals surface area (Å²) in [6, 6.07) is 9.24. The summed E-state index contributed by atoms with van der Waals surface area (Å²) in [7, 11) is 0. The van der Waals surface area contributed by atoms with Crippen LogP contribution < -0.4 is 10.1 Å². The van der Waals surface area contributed by atoms with Gasteiger partial charge in [-0.15, -0.1) is 10.2 Å². The fraction of sp³-hybridized carbons (Fsp3) is 0.167. The second-order valence-electron chi connectivity index (χ2n) is 5.53. The number of hydrogen-bond donors (Lipinski definition) is 1. The topological polar surface area (TPSA) is 103 Å². The number of anilines is 1. The average molecular weight is 413 g/mol. The van der Waals surface area contributed by atoms with E-state index in [1.807, 2.05) is 25.1 Å². The van der Waals surface area contributed by atoms with Gasteiger partial charge in [-0.1, -0.05) is 23.1 Å². The van der Waals surface area contributed by atoms with Gasteiger partial charge in [-0.05, 0) is 31.2 Å². The lowest BCUT2D eigenvalue weighted by atomic mass is 10.3. The molecule has 4 rings (SSSR count). The van der Waals surface area contributed by atoms with Crippen LogP contribution in [0.2, 0.25) is 0 Å². The Balaban J connectivity index is 1.36. The lowest BCUT2D eigenvalue weighted by Crippen LogP contribution is -2.13. The lowest BCUT2D eigenvalue weighted by molar-refractivity contribution is -0.113. The molecule has 0 aliphatic rings. The Labute approximate surface area is 168 Å². The van der Waals surface area contributed by atoms with Crippen molar-refractivity contribution in [3.05, 3.63) is 42.7 Å². The first-order chi connectivity index (χ1) is 13.7. The summed E-state index contributed by atoms with van der Waals surface area (Å²) in [5.41, 5.74) is 1.57. The number of nitrogens with one attached hydrogen (secondary N) is 1. The number of nitrogens with zero attached hydrogens (tertiary/aromatic N) is 4. The predicted octanol–water partition coefficient (Wildman–Crippen LogP) is 3.87. The molecule has 1 aromatic carbocycles. The maximum Gasteiger partial charge on any atom is 0.277 e. The number of fused-ring (bicyclic) bond motifs is 1. The highest BCUT2D eigenvalue weighted by Crippen LogP contribution is 2.29. The zero-order valence-electron chi connectivity index (χ0n) is 14.8.